The Morgan fingerprint density at radius 3 is 2.48 bits per heavy atom. The van der Waals surface area contributed by atoms with Gasteiger partial charge in [-0.3, -0.25) is 9.47 Å². The molecule has 1 aliphatic heterocycles. The van der Waals surface area contributed by atoms with Crippen LogP contribution in [0.1, 0.15) is 18.3 Å². The van der Waals surface area contributed by atoms with Crippen LogP contribution in [0.3, 0.4) is 0 Å². The van der Waals surface area contributed by atoms with Gasteiger partial charge >= 0.3 is 0 Å². The number of nitrogens with zero attached hydrogens (tertiary/aromatic N) is 9. The van der Waals surface area contributed by atoms with Crippen molar-refractivity contribution in [1.29, 1.82) is 5.26 Å². The number of piperazine rings is 1. The Morgan fingerprint density at radius 1 is 0.864 bits per heavy atom. The van der Waals surface area contributed by atoms with E-state index in [2.05, 4.69) is 72.6 Å². The molecule has 6 aromatic rings. The lowest BCUT2D eigenvalue weighted by Gasteiger charge is -2.40. The number of hydrogen-bond donors (Lipinski definition) is 1. The highest BCUT2D eigenvalue weighted by molar-refractivity contribution is 5.84. The van der Waals surface area contributed by atoms with E-state index in [1.54, 1.807) is 12.4 Å². The predicted octanol–water partition coefficient (Wildman–Crippen LogP) is 5.10. The molecule has 2 N–H and O–H groups in total. The van der Waals surface area contributed by atoms with E-state index in [0.29, 0.717) is 11.6 Å². The molecule has 44 heavy (non-hydrogen) atoms. The Kier molecular flexibility index (Phi) is 7.14. The van der Waals surface area contributed by atoms with Gasteiger partial charge in [0, 0.05) is 55.9 Å². The molecule has 2 aromatic carbocycles. The number of hydrogen-bond acceptors (Lipinski definition) is 9. The van der Waals surface area contributed by atoms with Crippen LogP contribution in [0.5, 0.6) is 0 Å². The van der Waals surface area contributed by atoms with E-state index in [4.69, 9.17) is 15.7 Å². The summed E-state index contributed by atoms with van der Waals surface area (Å²) >= 11 is 0. The lowest BCUT2D eigenvalue weighted by Crippen LogP contribution is -2.51. The van der Waals surface area contributed by atoms with Crippen LogP contribution in [0.4, 0.5) is 11.6 Å². The van der Waals surface area contributed by atoms with Gasteiger partial charge in [0.1, 0.15) is 23.2 Å². The molecule has 5 heterocycles. The highest BCUT2D eigenvalue weighted by atomic mass is 15.3. The summed E-state index contributed by atoms with van der Waals surface area (Å²) in [6.07, 6.45) is 3.33. The molecule has 216 valence electrons. The molecule has 0 saturated carbocycles. The van der Waals surface area contributed by atoms with Crippen LogP contribution in [-0.2, 0) is 6.54 Å². The van der Waals surface area contributed by atoms with Crippen molar-refractivity contribution in [2.75, 3.05) is 30.3 Å². The van der Waals surface area contributed by atoms with Gasteiger partial charge in [-0.25, -0.2) is 24.9 Å². The van der Waals surface area contributed by atoms with Gasteiger partial charge in [0.2, 0.25) is 5.82 Å². The van der Waals surface area contributed by atoms with Gasteiger partial charge in [-0.05, 0) is 55.0 Å². The van der Waals surface area contributed by atoms with Crippen LogP contribution in [0, 0.1) is 11.3 Å². The zero-order valence-corrected chi connectivity index (χ0v) is 24.2. The molecule has 10 nitrogen and oxygen atoms in total. The normalized spacial score (nSPS) is 15.4. The second kappa shape index (κ2) is 11.6. The van der Waals surface area contributed by atoms with E-state index >= 15 is 0 Å². The van der Waals surface area contributed by atoms with Crippen molar-refractivity contribution in [3.05, 3.63) is 109 Å². The third kappa shape index (κ3) is 5.21. The molecule has 0 radical (unpaired) electrons. The van der Waals surface area contributed by atoms with Crippen LogP contribution in [0.15, 0.2) is 97.3 Å². The smallest absolute Gasteiger partial charge is 0.234 e. The minimum absolute atomic E-state index is 0.198. The lowest BCUT2D eigenvalue weighted by molar-refractivity contribution is 0.220. The molecule has 1 atom stereocenters. The lowest BCUT2D eigenvalue weighted by atomic mass is 10.1. The first-order valence-corrected chi connectivity index (χ1v) is 14.5. The maximum absolute atomic E-state index is 9.19. The Hall–Kier alpha value is -5.66. The van der Waals surface area contributed by atoms with Gasteiger partial charge in [0.05, 0.1) is 11.3 Å². The van der Waals surface area contributed by atoms with Crippen LogP contribution in [0.25, 0.3) is 39.5 Å². The molecule has 0 bridgehead atoms. The third-order valence-electron chi connectivity index (χ3n) is 8.00. The van der Waals surface area contributed by atoms with E-state index in [1.807, 2.05) is 54.6 Å². The van der Waals surface area contributed by atoms with Gasteiger partial charge in [-0.1, -0.05) is 42.5 Å². The monoisotopic (exact) mass is 578 g/mol. The van der Waals surface area contributed by atoms with Gasteiger partial charge in [0.25, 0.3) is 0 Å². The van der Waals surface area contributed by atoms with Crippen molar-refractivity contribution in [2.24, 2.45) is 0 Å². The molecule has 1 unspecified atom stereocenters. The third-order valence-corrected chi connectivity index (χ3v) is 8.00. The van der Waals surface area contributed by atoms with Crippen molar-refractivity contribution >= 4 is 22.8 Å². The summed E-state index contributed by atoms with van der Waals surface area (Å²) in [5.41, 5.74) is 12.7. The van der Waals surface area contributed by atoms with Gasteiger partial charge in [-0.2, -0.15) is 5.26 Å². The zero-order valence-electron chi connectivity index (χ0n) is 24.2. The molecule has 1 aliphatic rings. The molecule has 0 amide bonds. The van der Waals surface area contributed by atoms with Crippen molar-refractivity contribution in [1.82, 2.24) is 34.4 Å². The van der Waals surface area contributed by atoms with Crippen molar-refractivity contribution in [2.45, 2.75) is 19.5 Å². The molecule has 1 fully saturated rings. The SMILES string of the molecule is CC1CN(Cc2ccc(-n3c(-c4cccnc4N)nc4ccc(-c5ccccc5)nc43)cc2)CCN1c1ccnc(C#N)n1. The minimum Gasteiger partial charge on any atom is -0.383 e. The fraction of sp³-hybridized carbons (Fsp3) is 0.176. The summed E-state index contributed by atoms with van der Waals surface area (Å²) in [5.74, 6) is 2.12. The highest BCUT2D eigenvalue weighted by Crippen LogP contribution is 2.32. The summed E-state index contributed by atoms with van der Waals surface area (Å²) in [4.78, 5) is 27.4. The summed E-state index contributed by atoms with van der Waals surface area (Å²) in [6.45, 7) is 5.62. The number of aromatic nitrogens is 6. The van der Waals surface area contributed by atoms with E-state index in [-0.39, 0.29) is 11.9 Å². The average molecular weight is 579 g/mol. The number of anilines is 2. The van der Waals surface area contributed by atoms with E-state index < -0.39 is 0 Å². The fourth-order valence-electron chi connectivity index (χ4n) is 5.85. The zero-order chi connectivity index (χ0) is 30.0. The Bertz CT molecular complexity index is 1980. The number of fused-ring (bicyclic) bond motifs is 1. The molecule has 1 saturated heterocycles. The topological polar surface area (TPSA) is 126 Å². The Balaban J connectivity index is 1.18. The second-order valence-electron chi connectivity index (χ2n) is 10.9. The first-order chi connectivity index (χ1) is 21.6. The number of rotatable bonds is 6. The van der Waals surface area contributed by atoms with Crippen LogP contribution < -0.4 is 10.6 Å². The average Bonchev–Trinajstić information content (AvgIpc) is 3.44. The van der Waals surface area contributed by atoms with Crippen LogP contribution >= 0.6 is 0 Å². The minimum atomic E-state index is 0.198. The van der Waals surface area contributed by atoms with Crippen molar-refractivity contribution in [3.8, 4) is 34.4 Å². The first-order valence-electron chi connectivity index (χ1n) is 14.5. The molecular weight excluding hydrogens is 548 g/mol. The van der Waals surface area contributed by atoms with Crippen LogP contribution in [0.2, 0.25) is 0 Å². The molecule has 7 rings (SSSR count). The summed E-state index contributed by atoms with van der Waals surface area (Å²) in [6, 6.07) is 30.7. The van der Waals surface area contributed by atoms with Gasteiger partial charge in [-0.15, -0.1) is 0 Å². The second-order valence-corrected chi connectivity index (χ2v) is 10.9. The first kappa shape index (κ1) is 27.2. The summed E-state index contributed by atoms with van der Waals surface area (Å²) in [7, 11) is 0. The fourth-order valence-corrected chi connectivity index (χ4v) is 5.85. The Morgan fingerprint density at radius 2 is 1.70 bits per heavy atom. The maximum Gasteiger partial charge on any atom is 0.234 e. The highest BCUT2D eigenvalue weighted by Gasteiger charge is 2.25. The molecule has 0 spiro atoms. The van der Waals surface area contributed by atoms with Crippen molar-refractivity contribution < 1.29 is 0 Å². The van der Waals surface area contributed by atoms with Crippen LogP contribution in [-0.4, -0.2) is 60.1 Å². The maximum atomic E-state index is 9.19. The number of imidazole rings is 1. The van der Waals surface area contributed by atoms with E-state index in [1.165, 1.54) is 5.56 Å². The predicted molar refractivity (Wildman–Crippen MR) is 171 cm³/mol. The van der Waals surface area contributed by atoms with E-state index in [0.717, 1.165) is 65.7 Å². The molecule has 10 heteroatoms. The number of nitriles is 1. The molecule has 0 aliphatic carbocycles. The number of nitrogens with two attached hydrogens (primary N) is 1. The summed E-state index contributed by atoms with van der Waals surface area (Å²) < 4.78 is 2.07. The standard InChI is InChI=1S/C34H30N10/c1-23-21-42(18-19-43(23)31-15-17-37-30(20-35)41-31)22-24-9-11-26(12-10-24)44-33(27-8-5-16-38-32(27)36)40-29-14-13-28(39-34(29)44)25-6-3-2-4-7-25/h2-17,23H,18-19,21-22H2,1H3,(H2,36,38). The summed E-state index contributed by atoms with van der Waals surface area (Å²) in [5, 5.41) is 9.19. The number of benzene rings is 2. The van der Waals surface area contributed by atoms with Gasteiger partial charge in [0.15, 0.2) is 11.5 Å². The largest absolute Gasteiger partial charge is 0.383 e. The van der Waals surface area contributed by atoms with Crippen molar-refractivity contribution in [3.63, 3.8) is 0 Å². The van der Waals surface area contributed by atoms with Gasteiger partial charge < -0.3 is 10.6 Å². The molecule has 4 aromatic heterocycles. The number of pyridine rings is 2. The number of nitrogen functional groups attached to an aromatic ring is 1. The Labute approximate surface area is 255 Å². The quantitative estimate of drug-likeness (QED) is 0.287. The van der Waals surface area contributed by atoms with E-state index in [9.17, 15) is 5.26 Å². The molecular formula is C34H30N10.